The lowest BCUT2D eigenvalue weighted by Gasteiger charge is -2.12. The fourth-order valence-corrected chi connectivity index (χ4v) is 2.16. The van der Waals surface area contributed by atoms with Gasteiger partial charge in [0.25, 0.3) is 0 Å². The first kappa shape index (κ1) is 17.6. The highest BCUT2D eigenvalue weighted by atomic mass is 16.4. The molecule has 2 unspecified atom stereocenters. The highest BCUT2D eigenvalue weighted by Crippen LogP contribution is 2.16. The van der Waals surface area contributed by atoms with Gasteiger partial charge in [-0.15, -0.1) is 0 Å². The number of carboxylic acids is 2. The van der Waals surface area contributed by atoms with Crippen LogP contribution < -0.4 is 0 Å². The molecule has 2 atom stereocenters. The van der Waals surface area contributed by atoms with Crippen molar-refractivity contribution in [1.82, 2.24) is 0 Å². The minimum Gasteiger partial charge on any atom is -0.481 e. The third kappa shape index (κ3) is 4.80. The number of aliphatic carboxylic acids is 2. The van der Waals surface area contributed by atoms with Gasteiger partial charge in [0.05, 0.1) is 0 Å². The number of hydrogen-bond acceptors (Lipinski definition) is 4. The number of rotatable bonds is 8. The standard InChI is InChI=1S/C16H18O6/c1-9(17)13(15(19)20)7-11-4-3-5-12(6-11)8-14(10(2)18)16(21)22/h3-6,13-14H,7-8H2,1-2H3,(H,19,20)(H,21,22). The summed E-state index contributed by atoms with van der Waals surface area (Å²) in [5, 5.41) is 18.0. The Morgan fingerprint density at radius 3 is 1.50 bits per heavy atom. The third-order valence-corrected chi connectivity index (χ3v) is 3.45. The van der Waals surface area contributed by atoms with Crippen LogP contribution in [0.15, 0.2) is 24.3 Å². The van der Waals surface area contributed by atoms with Crippen LogP contribution >= 0.6 is 0 Å². The summed E-state index contributed by atoms with van der Waals surface area (Å²) in [6.45, 7) is 2.44. The number of hydrogen-bond donors (Lipinski definition) is 2. The van der Waals surface area contributed by atoms with E-state index in [1.165, 1.54) is 13.8 Å². The van der Waals surface area contributed by atoms with Crippen molar-refractivity contribution in [3.8, 4) is 0 Å². The van der Waals surface area contributed by atoms with Gasteiger partial charge in [-0.25, -0.2) is 0 Å². The second-order valence-corrected chi connectivity index (χ2v) is 5.23. The van der Waals surface area contributed by atoms with Gasteiger partial charge >= 0.3 is 11.9 Å². The van der Waals surface area contributed by atoms with Gasteiger partial charge in [-0.05, 0) is 37.8 Å². The molecule has 0 aliphatic carbocycles. The average molecular weight is 306 g/mol. The molecular formula is C16H18O6. The molecule has 118 valence electrons. The number of carbonyl (C=O) groups is 4. The minimum atomic E-state index is -1.19. The molecule has 6 heteroatoms. The van der Waals surface area contributed by atoms with Crippen molar-refractivity contribution >= 4 is 23.5 Å². The van der Waals surface area contributed by atoms with Crippen molar-refractivity contribution in [1.29, 1.82) is 0 Å². The normalized spacial score (nSPS) is 13.2. The van der Waals surface area contributed by atoms with E-state index in [1.807, 2.05) is 0 Å². The largest absolute Gasteiger partial charge is 0.481 e. The lowest BCUT2D eigenvalue weighted by atomic mass is 9.92. The Labute approximate surface area is 127 Å². The van der Waals surface area contributed by atoms with Crippen LogP contribution in [0.4, 0.5) is 0 Å². The van der Waals surface area contributed by atoms with Gasteiger partial charge in [0, 0.05) is 0 Å². The molecule has 1 rings (SSSR count). The maximum absolute atomic E-state index is 11.3. The number of Topliss-reactive ketones (excluding diaryl/α,β-unsaturated/α-hetero) is 2. The van der Waals surface area contributed by atoms with Crippen molar-refractivity contribution in [2.24, 2.45) is 11.8 Å². The molecule has 0 aliphatic rings. The van der Waals surface area contributed by atoms with E-state index in [4.69, 9.17) is 10.2 Å². The summed E-state index contributed by atoms with van der Waals surface area (Å²) in [5.74, 6) is -5.51. The summed E-state index contributed by atoms with van der Waals surface area (Å²) < 4.78 is 0. The molecule has 0 amide bonds. The number of benzene rings is 1. The van der Waals surface area contributed by atoms with Crippen LogP contribution in [0.25, 0.3) is 0 Å². The SMILES string of the molecule is CC(=O)C(Cc1cccc(CC(C(C)=O)C(=O)O)c1)C(=O)O. The Bertz CT molecular complexity index is 527. The molecule has 0 fully saturated rings. The number of ketones is 2. The Morgan fingerprint density at radius 2 is 1.23 bits per heavy atom. The molecule has 22 heavy (non-hydrogen) atoms. The Kier molecular flexibility index (Phi) is 5.98. The van der Waals surface area contributed by atoms with Gasteiger partial charge in [-0.2, -0.15) is 0 Å². The molecule has 1 aromatic rings. The zero-order valence-corrected chi connectivity index (χ0v) is 12.4. The fourth-order valence-electron chi connectivity index (χ4n) is 2.16. The van der Waals surface area contributed by atoms with Crippen LogP contribution in [0.2, 0.25) is 0 Å². The van der Waals surface area contributed by atoms with Crippen molar-refractivity contribution in [2.45, 2.75) is 26.7 Å². The molecule has 0 aliphatic heterocycles. The molecular weight excluding hydrogens is 288 g/mol. The smallest absolute Gasteiger partial charge is 0.314 e. The van der Waals surface area contributed by atoms with E-state index < -0.39 is 35.3 Å². The minimum absolute atomic E-state index is 0.0380. The molecule has 0 heterocycles. The van der Waals surface area contributed by atoms with Crippen LogP contribution in [-0.2, 0) is 32.0 Å². The Balaban J connectivity index is 2.94. The molecule has 0 aromatic heterocycles. The number of carboxylic acid groups (broad SMARTS) is 2. The quantitative estimate of drug-likeness (QED) is 0.702. The van der Waals surface area contributed by atoms with Crippen molar-refractivity contribution in [3.63, 3.8) is 0 Å². The maximum atomic E-state index is 11.3. The van der Waals surface area contributed by atoms with E-state index in [-0.39, 0.29) is 12.8 Å². The van der Waals surface area contributed by atoms with Gasteiger partial charge < -0.3 is 10.2 Å². The van der Waals surface area contributed by atoms with Gasteiger partial charge in [0.1, 0.15) is 23.4 Å². The van der Waals surface area contributed by atoms with Crippen LogP contribution in [-0.4, -0.2) is 33.7 Å². The molecule has 0 radical (unpaired) electrons. The Hall–Kier alpha value is -2.50. The summed E-state index contributed by atoms with van der Waals surface area (Å²) in [7, 11) is 0. The van der Waals surface area contributed by atoms with E-state index in [0.717, 1.165) is 0 Å². The summed E-state index contributed by atoms with van der Waals surface area (Å²) in [6.07, 6.45) is 0.0760. The molecule has 6 nitrogen and oxygen atoms in total. The zero-order chi connectivity index (χ0) is 16.9. The van der Waals surface area contributed by atoms with Gasteiger partial charge in [-0.1, -0.05) is 24.3 Å². The van der Waals surface area contributed by atoms with Crippen LogP contribution in [0.5, 0.6) is 0 Å². The van der Waals surface area contributed by atoms with Gasteiger partial charge in [0.15, 0.2) is 0 Å². The summed E-state index contributed by atoms with van der Waals surface area (Å²) in [6, 6.07) is 6.64. The summed E-state index contributed by atoms with van der Waals surface area (Å²) in [5.41, 5.74) is 1.24. The monoisotopic (exact) mass is 306 g/mol. The highest BCUT2D eigenvalue weighted by Gasteiger charge is 2.25. The molecule has 0 bridgehead atoms. The first-order chi connectivity index (χ1) is 10.2. The average Bonchev–Trinajstić information content (AvgIpc) is 2.41. The zero-order valence-electron chi connectivity index (χ0n) is 12.4. The molecule has 1 aromatic carbocycles. The molecule has 0 spiro atoms. The topological polar surface area (TPSA) is 109 Å². The van der Waals surface area contributed by atoms with E-state index in [1.54, 1.807) is 24.3 Å². The summed E-state index contributed by atoms with van der Waals surface area (Å²) >= 11 is 0. The molecule has 0 saturated carbocycles. The maximum Gasteiger partial charge on any atom is 0.314 e. The third-order valence-electron chi connectivity index (χ3n) is 3.45. The van der Waals surface area contributed by atoms with E-state index >= 15 is 0 Å². The first-order valence-corrected chi connectivity index (χ1v) is 6.76. The first-order valence-electron chi connectivity index (χ1n) is 6.76. The predicted molar refractivity (Wildman–Crippen MR) is 77.5 cm³/mol. The van der Waals surface area contributed by atoms with Crippen LogP contribution in [0.1, 0.15) is 25.0 Å². The second-order valence-electron chi connectivity index (χ2n) is 5.23. The van der Waals surface area contributed by atoms with Crippen LogP contribution in [0.3, 0.4) is 0 Å². The van der Waals surface area contributed by atoms with Crippen molar-refractivity contribution < 1.29 is 29.4 Å². The second kappa shape index (κ2) is 7.49. The predicted octanol–water partition coefficient (Wildman–Crippen LogP) is 1.35. The number of carbonyl (C=O) groups excluding carboxylic acids is 2. The lowest BCUT2D eigenvalue weighted by molar-refractivity contribution is -0.147. The van der Waals surface area contributed by atoms with Crippen molar-refractivity contribution in [3.05, 3.63) is 35.4 Å². The lowest BCUT2D eigenvalue weighted by Crippen LogP contribution is -2.24. The van der Waals surface area contributed by atoms with E-state index in [2.05, 4.69) is 0 Å². The van der Waals surface area contributed by atoms with Crippen LogP contribution in [0, 0.1) is 11.8 Å². The Morgan fingerprint density at radius 1 is 0.864 bits per heavy atom. The fraction of sp³-hybridized carbons (Fsp3) is 0.375. The van der Waals surface area contributed by atoms with E-state index in [9.17, 15) is 19.2 Å². The summed E-state index contributed by atoms with van der Waals surface area (Å²) in [4.78, 5) is 44.7. The molecule has 0 saturated heterocycles. The van der Waals surface area contributed by atoms with Crippen molar-refractivity contribution in [2.75, 3.05) is 0 Å². The van der Waals surface area contributed by atoms with Gasteiger partial charge in [0.2, 0.25) is 0 Å². The van der Waals surface area contributed by atoms with E-state index in [0.29, 0.717) is 11.1 Å². The molecule has 2 N–H and O–H groups in total. The van der Waals surface area contributed by atoms with Gasteiger partial charge in [-0.3, -0.25) is 19.2 Å². The highest BCUT2D eigenvalue weighted by molar-refractivity contribution is 5.97.